The zero-order valence-corrected chi connectivity index (χ0v) is 12.2. The fourth-order valence-corrected chi connectivity index (χ4v) is 4.40. The summed E-state index contributed by atoms with van der Waals surface area (Å²) in [5.41, 5.74) is 0.984. The second-order valence-electron chi connectivity index (χ2n) is 6.46. The second kappa shape index (κ2) is 4.86. The number of hydrogen-bond donors (Lipinski definition) is 0. The summed E-state index contributed by atoms with van der Waals surface area (Å²) in [6, 6.07) is 8.14. The van der Waals surface area contributed by atoms with Crippen molar-refractivity contribution in [3.8, 4) is 5.75 Å². The van der Waals surface area contributed by atoms with Crippen molar-refractivity contribution in [2.75, 3.05) is 7.11 Å². The minimum Gasteiger partial charge on any atom is -0.857 e. The highest BCUT2D eigenvalue weighted by molar-refractivity contribution is 5.82. The third-order valence-corrected chi connectivity index (χ3v) is 5.31. The van der Waals surface area contributed by atoms with Crippen LogP contribution in [0.15, 0.2) is 29.4 Å². The predicted octanol–water partition coefficient (Wildman–Crippen LogP) is 1.62. The number of benzene rings is 1. The van der Waals surface area contributed by atoms with Gasteiger partial charge in [-0.3, -0.25) is 0 Å². The Balaban J connectivity index is 1.72. The van der Waals surface area contributed by atoms with Crippen LogP contribution >= 0.6 is 0 Å². The summed E-state index contributed by atoms with van der Waals surface area (Å²) >= 11 is 0. The molecule has 21 heavy (non-hydrogen) atoms. The summed E-state index contributed by atoms with van der Waals surface area (Å²) in [6.07, 6.45) is 6.80. The molecule has 1 aromatic rings. The molecule has 110 valence electrons. The van der Waals surface area contributed by atoms with Crippen LogP contribution in [0.4, 0.5) is 0 Å². The molecule has 1 aromatic carbocycles. The summed E-state index contributed by atoms with van der Waals surface area (Å²) < 4.78 is 7.32. The lowest BCUT2D eigenvalue weighted by Crippen LogP contribution is -2.41. The third-order valence-electron chi connectivity index (χ3n) is 5.31. The first-order valence-electron chi connectivity index (χ1n) is 7.78. The van der Waals surface area contributed by atoms with E-state index in [0.717, 1.165) is 23.7 Å². The Morgan fingerprint density at radius 2 is 2.14 bits per heavy atom. The summed E-state index contributed by atoms with van der Waals surface area (Å²) in [5, 5.41) is 16.5. The van der Waals surface area contributed by atoms with Crippen molar-refractivity contribution < 1.29 is 14.5 Å². The summed E-state index contributed by atoms with van der Waals surface area (Å²) in [5.74, 6) is 2.38. The standard InChI is InChI=1S/C17H20N2O2/c1-21-15-5-3-2-4-13(15)10-19-16-12-7-6-11(8-12)9-14(16)17(20)18-19/h2-5,10-12,14,16H,6-9H2,1H3. The molecule has 4 heteroatoms. The molecule has 0 N–H and O–H groups in total. The smallest absolute Gasteiger partial charge is 0.207 e. The first kappa shape index (κ1) is 12.9. The van der Waals surface area contributed by atoms with Gasteiger partial charge in [0, 0.05) is 11.8 Å². The number of ether oxygens (including phenoxy) is 1. The van der Waals surface area contributed by atoms with Crippen LogP contribution in [0.3, 0.4) is 0 Å². The van der Waals surface area contributed by atoms with E-state index >= 15 is 0 Å². The molecular weight excluding hydrogens is 264 g/mol. The van der Waals surface area contributed by atoms with Crippen LogP contribution in [-0.4, -0.2) is 29.9 Å². The van der Waals surface area contributed by atoms with Gasteiger partial charge in [0.05, 0.1) is 18.6 Å². The Morgan fingerprint density at radius 3 is 3.00 bits per heavy atom. The molecule has 4 rings (SSSR count). The lowest BCUT2D eigenvalue weighted by atomic mass is 9.77. The zero-order valence-electron chi connectivity index (χ0n) is 12.2. The molecule has 4 nitrogen and oxygen atoms in total. The molecule has 0 spiro atoms. The molecule has 4 unspecified atom stereocenters. The molecule has 2 fully saturated rings. The van der Waals surface area contributed by atoms with Crippen molar-refractivity contribution in [1.29, 1.82) is 0 Å². The Labute approximate surface area is 124 Å². The van der Waals surface area contributed by atoms with Crippen molar-refractivity contribution >= 4 is 12.1 Å². The minimum absolute atomic E-state index is 0.0720. The molecule has 3 aliphatic rings. The highest BCUT2D eigenvalue weighted by Crippen LogP contribution is 2.47. The molecule has 0 saturated heterocycles. The molecule has 2 bridgehead atoms. The molecule has 0 radical (unpaired) electrons. The van der Waals surface area contributed by atoms with Gasteiger partial charge in [-0.15, -0.1) is 0 Å². The summed E-state index contributed by atoms with van der Waals surface area (Å²) in [6.45, 7) is 0. The SMILES string of the molecule is COc1ccccc1C=[N+]1N=C([O-])C2CC3CCC(C3)C21. The molecule has 2 aliphatic carbocycles. The second-order valence-corrected chi connectivity index (χ2v) is 6.46. The largest absolute Gasteiger partial charge is 0.857 e. The van der Waals surface area contributed by atoms with E-state index in [0.29, 0.717) is 5.92 Å². The normalized spacial score (nSPS) is 35.7. The number of para-hydroxylation sites is 1. The van der Waals surface area contributed by atoms with Gasteiger partial charge in [0.2, 0.25) is 6.21 Å². The summed E-state index contributed by atoms with van der Waals surface area (Å²) in [4.78, 5) is 0. The maximum absolute atomic E-state index is 12.2. The fraction of sp³-hybridized carbons (Fsp3) is 0.529. The highest BCUT2D eigenvalue weighted by atomic mass is 16.5. The fourth-order valence-electron chi connectivity index (χ4n) is 4.40. The van der Waals surface area contributed by atoms with E-state index in [1.807, 2.05) is 35.2 Å². The van der Waals surface area contributed by atoms with Crippen molar-refractivity contribution in [3.63, 3.8) is 0 Å². The van der Waals surface area contributed by atoms with E-state index in [2.05, 4.69) is 5.10 Å². The molecule has 1 heterocycles. The van der Waals surface area contributed by atoms with Crippen molar-refractivity contribution in [2.45, 2.75) is 31.7 Å². The van der Waals surface area contributed by atoms with Crippen LogP contribution in [0, 0.1) is 17.8 Å². The van der Waals surface area contributed by atoms with Crippen LogP contribution in [-0.2, 0) is 0 Å². The van der Waals surface area contributed by atoms with E-state index in [-0.39, 0.29) is 17.9 Å². The van der Waals surface area contributed by atoms with E-state index < -0.39 is 0 Å². The first-order chi connectivity index (χ1) is 10.3. The van der Waals surface area contributed by atoms with Crippen LogP contribution in [0.5, 0.6) is 5.75 Å². The molecule has 0 aromatic heterocycles. The maximum Gasteiger partial charge on any atom is 0.207 e. The van der Waals surface area contributed by atoms with Gasteiger partial charge in [0.15, 0.2) is 6.04 Å². The van der Waals surface area contributed by atoms with E-state index in [1.54, 1.807) is 7.11 Å². The number of hydrogen-bond acceptors (Lipinski definition) is 3. The Hall–Kier alpha value is -1.84. The lowest BCUT2D eigenvalue weighted by molar-refractivity contribution is -0.572. The zero-order chi connectivity index (χ0) is 14.4. The molecule has 2 saturated carbocycles. The number of hydrazone groups is 1. The van der Waals surface area contributed by atoms with Gasteiger partial charge < -0.3 is 9.84 Å². The van der Waals surface area contributed by atoms with Crippen LogP contribution in [0.2, 0.25) is 0 Å². The van der Waals surface area contributed by atoms with Crippen molar-refractivity contribution in [3.05, 3.63) is 29.8 Å². The van der Waals surface area contributed by atoms with Crippen LogP contribution in [0.25, 0.3) is 0 Å². The average molecular weight is 284 g/mol. The number of nitrogens with zero attached hydrogens (tertiary/aromatic N) is 2. The quantitative estimate of drug-likeness (QED) is 0.775. The number of methoxy groups -OCH3 is 1. The van der Waals surface area contributed by atoms with E-state index in [1.165, 1.54) is 19.3 Å². The molecule has 0 amide bonds. The van der Waals surface area contributed by atoms with Crippen LogP contribution in [0.1, 0.15) is 31.2 Å². The third kappa shape index (κ3) is 2.04. The van der Waals surface area contributed by atoms with Gasteiger partial charge in [0.25, 0.3) is 0 Å². The van der Waals surface area contributed by atoms with Crippen LogP contribution < -0.4 is 9.84 Å². The Bertz CT molecular complexity index is 623. The van der Waals surface area contributed by atoms with Crippen molar-refractivity contribution in [1.82, 2.24) is 0 Å². The van der Waals surface area contributed by atoms with Gasteiger partial charge in [-0.25, -0.2) is 0 Å². The first-order valence-corrected chi connectivity index (χ1v) is 7.78. The topological polar surface area (TPSA) is 47.7 Å². The van der Waals surface area contributed by atoms with Gasteiger partial charge in [0.1, 0.15) is 5.75 Å². The maximum atomic E-state index is 12.2. The highest BCUT2D eigenvalue weighted by Gasteiger charge is 2.51. The summed E-state index contributed by atoms with van der Waals surface area (Å²) in [7, 11) is 1.67. The van der Waals surface area contributed by atoms with E-state index in [9.17, 15) is 5.11 Å². The van der Waals surface area contributed by atoms with Gasteiger partial charge in [-0.2, -0.15) is 0 Å². The lowest BCUT2D eigenvalue weighted by Gasteiger charge is -2.28. The predicted molar refractivity (Wildman–Crippen MR) is 78.6 cm³/mol. The van der Waals surface area contributed by atoms with E-state index in [4.69, 9.17) is 4.74 Å². The minimum atomic E-state index is 0.0720. The van der Waals surface area contributed by atoms with Gasteiger partial charge in [-0.1, -0.05) is 16.8 Å². The Kier molecular flexibility index (Phi) is 2.98. The van der Waals surface area contributed by atoms with Gasteiger partial charge >= 0.3 is 0 Å². The Morgan fingerprint density at radius 1 is 1.29 bits per heavy atom. The average Bonchev–Trinajstić information content (AvgIpc) is 3.02. The number of fused-ring (bicyclic) bond motifs is 4. The molecule has 4 atom stereocenters. The van der Waals surface area contributed by atoms with Gasteiger partial charge in [-0.05, 0) is 48.8 Å². The monoisotopic (exact) mass is 284 g/mol. The number of rotatable bonds is 2. The van der Waals surface area contributed by atoms with Crippen molar-refractivity contribution in [2.24, 2.45) is 22.9 Å². The molecule has 1 aliphatic heterocycles. The molecular formula is C17H20N2O2.